The van der Waals surface area contributed by atoms with Crippen LogP contribution in [0.5, 0.6) is 0 Å². The van der Waals surface area contributed by atoms with Gasteiger partial charge in [0.25, 0.3) is 0 Å². The molecule has 0 saturated carbocycles. The molecule has 1 aromatic heterocycles. The highest BCUT2D eigenvalue weighted by atomic mass is 32.2. The van der Waals surface area contributed by atoms with Crippen LogP contribution in [-0.2, 0) is 27.1 Å². The first-order valence-corrected chi connectivity index (χ1v) is 9.20. The van der Waals surface area contributed by atoms with E-state index in [0.717, 1.165) is 22.5 Å². The summed E-state index contributed by atoms with van der Waals surface area (Å²) in [6.07, 6.45) is 0. The number of hydrogen-bond donors (Lipinski definition) is 1. The molecule has 0 saturated heterocycles. The van der Waals surface area contributed by atoms with Crippen molar-refractivity contribution in [2.45, 2.75) is 39.2 Å². The molecule has 2 aromatic rings. The Morgan fingerprint density at radius 1 is 1.30 bits per heavy atom. The molecule has 5 nitrogen and oxygen atoms in total. The van der Waals surface area contributed by atoms with Crippen molar-refractivity contribution in [1.29, 1.82) is 0 Å². The quantitative estimate of drug-likeness (QED) is 0.940. The van der Waals surface area contributed by atoms with Crippen LogP contribution in [0.4, 0.5) is 5.82 Å². The number of nitrogens with one attached hydrogen (secondary N) is 1. The van der Waals surface area contributed by atoms with Crippen LogP contribution in [0.25, 0.3) is 5.69 Å². The topological polar surface area (TPSA) is 64.0 Å². The van der Waals surface area contributed by atoms with E-state index in [4.69, 9.17) is 0 Å². The second-order valence-corrected chi connectivity index (χ2v) is 7.81. The van der Waals surface area contributed by atoms with E-state index in [9.17, 15) is 9.00 Å². The Morgan fingerprint density at radius 3 is 2.70 bits per heavy atom. The third-order valence-electron chi connectivity index (χ3n) is 4.02. The zero-order valence-corrected chi connectivity index (χ0v) is 14.7. The predicted molar refractivity (Wildman–Crippen MR) is 92.1 cm³/mol. The van der Waals surface area contributed by atoms with Gasteiger partial charge in [0.15, 0.2) is 0 Å². The molecule has 2 heterocycles. The van der Waals surface area contributed by atoms with Crippen molar-refractivity contribution in [2.24, 2.45) is 5.92 Å². The molecule has 1 aliphatic heterocycles. The maximum atomic E-state index is 12.2. The smallest absolute Gasteiger partial charge is 0.228 e. The third-order valence-corrected chi connectivity index (χ3v) is 5.22. The van der Waals surface area contributed by atoms with Gasteiger partial charge in [0.05, 0.1) is 22.9 Å². The summed E-state index contributed by atoms with van der Waals surface area (Å²) in [7, 11) is -0.925. The molecule has 0 radical (unpaired) electrons. The second kappa shape index (κ2) is 5.92. The van der Waals surface area contributed by atoms with Crippen molar-refractivity contribution in [3.8, 4) is 5.69 Å². The predicted octanol–water partition coefficient (Wildman–Crippen LogP) is 2.85. The number of aromatic nitrogens is 2. The fourth-order valence-corrected chi connectivity index (χ4v) is 4.00. The normalized spacial score (nSPS) is 16.7. The number of carbonyl (C=O) groups is 1. The van der Waals surface area contributed by atoms with E-state index in [0.29, 0.717) is 17.3 Å². The van der Waals surface area contributed by atoms with Gasteiger partial charge in [-0.05, 0) is 25.5 Å². The maximum Gasteiger partial charge on any atom is 0.228 e. The lowest BCUT2D eigenvalue weighted by atomic mass is 10.1. The van der Waals surface area contributed by atoms with E-state index in [-0.39, 0.29) is 11.8 Å². The van der Waals surface area contributed by atoms with Crippen LogP contribution in [-0.4, -0.2) is 19.9 Å². The van der Waals surface area contributed by atoms with Crippen molar-refractivity contribution in [3.05, 3.63) is 40.6 Å². The van der Waals surface area contributed by atoms with Crippen molar-refractivity contribution < 1.29 is 9.00 Å². The molecule has 1 N–H and O–H groups in total. The highest BCUT2D eigenvalue weighted by molar-refractivity contribution is 7.83. The highest BCUT2D eigenvalue weighted by Gasteiger charge is 2.29. The minimum atomic E-state index is -0.925. The number of hydrogen-bond acceptors (Lipinski definition) is 3. The van der Waals surface area contributed by atoms with Gasteiger partial charge >= 0.3 is 0 Å². The Labute approximate surface area is 138 Å². The molecule has 1 atom stereocenters. The fourth-order valence-electron chi connectivity index (χ4n) is 2.73. The van der Waals surface area contributed by atoms with Crippen LogP contribution in [0, 0.1) is 19.8 Å². The van der Waals surface area contributed by atoms with E-state index in [1.165, 1.54) is 5.56 Å². The first-order chi connectivity index (χ1) is 10.9. The molecule has 6 heteroatoms. The molecule has 1 aliphatic rings. The number of rotatable bonds is 3. The van der Waals surface area contributed by atoms with Gasteiger partial charge in [-0.2, -0.15) is 5.10 Å². The Balaban J connectivity index is 2.12. The molecule has 1 amide bonds. The molecule has 23 heavy (non-hydrogen) atoms. The number of benzene rings is 1. The number of anilines is 1. The van der Waals surface area contributed by atoms with Crippen LogP contribution < -0.4 is 5.32 Å². The van der Waals surface area contributed by atoms with Crippen molar-refractivity contribution in [2.75, 3.05) is 5.32 Å². The molecular formula is C17H21N3O2S. The molecule has 0 fully saturated rings. The average Bonchev–Trinajstić information content (AvgIpc) is 2.96. The van der Waals surface area contributed by atoms with Crippen LogP contribution in [0.1, 0.15) is 36.2 Å². The standard InChI is InChI=1S/C17H21N3O2S/c1-10(2)17(21)18-16-13-8-23(22)9-14(13)19-20(16)15-6-5-11(3)7-12(15)4/h5-7,10H,8-9H2,1-4H3,(H,18,21)/t23-/m0/s1. The van der Waals surface area contributed by atoms with E-state index in [2.05, 4.69) is 16.5 Å². The minimum absolute atomic E-state index is 0.0589. The second-order valence-electron chi connectivity index (χ2n) is 6.35. The van der Waals surface area contributed by atoms with Crippen LogP contribution >= 0.6 is 0 Å². The first-order valence-electron chi connectivity index (χ1n) is 7.71. The number of aryl methyl sites for hydroxylation is 2. The molecular weight excluding hydrogens is 310 g/mol. The van der Waals surface area contributed by atoms with Gasteiger partial charge in [0.2, 0.25) is 5.91 Å². The first kappa shape index (κ1) is 15.9. The molecule has 3 rings (SSSR count). The molecule has 0 unspecified atom stereocenters. The minimum Gasteiger partial charge on any atom is -0.310 e. The van der Waals surface area contributed by atoms with E-state index >= 15 is 0 Å². The summed E-state index contributed by atoms with van der Waals surface area (Å²) in [5.74, 6) is 1.39. The van der Waals surface area contributed by atoms with Gasteiger partial charge < -0.3 is 5.32 Å². The van der Waals surface area contributed by atoms with Gasteiger partial charge in [-0.15, -0.1) is 0 Å². The summed E-state index contributed by atoms with van der Waals surface area (Å²) in [5.41, 5.74) is 4.93. The lowest BCUT2D eigenvalue weighted by Gasteiger charge is -2.14. The Bertz CT molecular complexity index is 808. The van der Waals surface area contributed by atoms with Crippen LogP contribution in [0.3, 0.4) is 0 Å². The highest BCUT2D eigenvalue weighted by Crippen LogP contribution is 2.32. The molecule has 122 valence electrons. The van der Waals surface area contributed by atoms with E-state index in [1.807, 2.05) is 39.8 Å². The Kier molecular flexibility index (Phi) is 4.10. The zero-order valence-electron chi connectivity index (χ0n) is 13.8. The largest absolute Gasteiger partial charge is 0.310 e. The average molecular weight is 331 g/mol. The van der Waals surface area contributed by atoms with Gasteiger partial charge in [0, 0.05) is 22.3 Å². The van der Waals surface area contributed by atoms with E-state index < -0.39 is 10.8 Å². The van der Waals surface area contributed by atoms with Crippen molar-refractivity contribution in [3.63, 3.8) is 0 Å². The molecule has 0 bridgehead atoms. The maximum absolute atomic E-state index is 12.2. The van der Waals surface area contributed by atoms with Crippen molar-refractivity contribution in [1.82, 2.24) is 9.78 Å². The summed E-state index contributed by atoms with van der Waals surface area (Å²) in [5, 5.41) is 7.60. The fraction of sp³-hybridized carbons (Fsp3) is 0.412. The lowest BCUT2D eigenvalue weighted by molar-refractivity contribution is -0.118. The summed E-state index contributed by atoms with van der Waals surface area (Å²) < 4.78 is 13.6. The number of nitrogens with zero attached hydrogens (tertiary/aromatic N) is 2. The zero-order chi connectivity index (χ0) is 16.7. The van der Waals surface area contributed by atoms with Gasteiger partial charge in [-0.25, -0.2) is 4.68 Å². The number of fused-ring (bicyclic) bond motifs is 1. The summed E-state index contributed by atoms with van der Waals surface area (Å²) >= 11 is 0. The van der Waals surface area contributed by atoms with Gasteiger partial charge in [0.1, 0.15) is 5.82 Å². The number of carbonyl (C=O) groups excluding carboxylic acids is 1. The number of amides is 1. The Morgan fingerprint density at radius 2 is 2.04 bits per heavy atom. The molecule has 1 aromatic carbocycles. The van der Waals surface area contributed by atoms with Crippen LogP contribution in [0.2, 0.25) is 0 Å². The SMILES string of the molecule is Cc1ccc(-n2nc3c(c2NC(=O)C(C)C)C[S@](=O)C3)c(C)c1. The van der Waals surface area contributed by atoms with Crippen LogP contribution in [0.15, 0.2) is 18.2 Å². The summed E-state index contributed by atoms with van der Waals surface area (Å²) in [6.45, 7) is 7.78. The van der Waals surface area contributed by atoms with E-state index in [1.54, 1.807) is 4.68 Å². The Hall–Kier alpha value is -1.95. The van der Waals surface area contributed by atoms with Gasteiger partial charge in [-0.1, -0.05) is 31.5 Å². The molecule has 0 aliphatic carbocycles. The monoisotopic (exact) mass is 331 g/mol. The summed E-state index contributed by atoms with van der Waals surface area (Å²) in [6, 6.07) is 6.13. The van der Waals surface area contributed by atoms with Gasteiger partial charge in [-0.3, -0.25) is 9.00 Å². The lowest BCUT2D eigenvalue weighted by Crippen LogP contribution is -2.21. The third kappa shape index (κ3) is 2.95. The molecule has 0 spiro atoms. The summed E-state index contributed by atoms with van der Waals surface area (Å²) in [4.78, 5) is 12.2. The van der Waals surface area contributed by atoms with Crippen molar-refractivity contribution >= 4 is 22.5 Å².